The summed E-state index contributed by atoms with van der Waals surface area (Å²) in [4.78, 5) is 32.8. The number of amides is 1. The lowest BCUT2D eigenvalue weighted by atomic mass is 10.1. The summed E-state index contributed by atoms with van der Waals surface area (Å²) >= 11 is 0. The van der Waals surface area contributed by atoms with Crippen molar-refractivity contribution in [2.45, 2.75) is 6.92 Å². The second-order valence-corrected chi connectivity index (χ2v) is 7.92. The molecule has 0 radical (unpaired) electrons. The number of anilines is 1. The van der Waals surface area contributed by atoms with Crippen molar-refractivity contribution in [1.29, 1.82) is 0 Å². The molecule has 33 heavy (non-hydrogen) atoms. The zero-order chi connectivity index (χ0) is 22.8. The zero-order valence-electron chi connectivity index (χ0n) is 18.2. The van der Waals surface area contributed by atoms with E-state index in [4.69, 9.17) is 4.74 Å². The van der Waals surface area contributed by atoms with Crippen molar-refractivity contribution in [1.82, 2.24) is 20.1 Å². The minimum absolute atomic E-state index is 0.415. The quantitative estimate of drug-likeness (QED) is 0.376. The molecule has 0 aliphatic carbocycles. The van der Waals surface area contributed by atoms with Gasteiger partial charge in [0.2, 0.25) is 5.88 Å². The van der Waals surface area contributed by atoms with Crippen LogP contribution in [0.2, 0.25) is 0 Å². The van der Waals surface area contributed by atoms with Crippen molar-refractivity contribution in [2.24, 2.45) is 0 Å². The highest BCUT2D eigenvalue weighted by Gasteiger charge is 2.30. The van der Waals surface area contributed by atoms with Gasteiger partial charge in [0.05, 0.1) is 5.56 Å². The van der Waals surface area contributed by atoms with Gasteiger partial charge in [-0.1, -0.05) is 36.4 Å². The van der Waals surface area contributed by atoms with E-state index in [1.54, 1.807) is 11.0 Å². The van der Waals surface area contributed by atoms with Crippen LogP contribution in [-0.4, -0.2) is 58.0 Å². The Morgan fingerprint density at radius 1 is 0.879 bits per heavy atom. The Hall–Kier alpha value is -4.20. The number of aromatic nitrogens is 3. The van der Waals surface area contributed by atoms with Crippen LogP contribution in [-0.2, 0) is 4.79 Å². The molecule has 2 aromatic heterocycles. The van der Waals surface area contributed by atoms with E-state index >= 15 is 0 Å². The molecule has 166 valence electrons. The molecule has 5 rings (SSSR count). The van der Waals surface area contributed by atoms with Gasteiger partial charge in [-0.05, 0) is 31.2 Å². The fourth-order valence-electron chi connectivity index (χ4n) is 4.10. The van der Waals surface area contributed by atoms with Crippen molar-refractivity contribution in [3.63, 3.8) is 0 Å². The van der Waals surface area contributed by atoms with Gasteiger partial charge in [0.15, 0.2) is 5.82 Å². The first-order valence-electron chi connectivity index (χ1n) is 10.8. The number of hydrogen-bond acceptors (Lipinski definition) is 6. The van der Waals surface area contributed by atoms with Crippen molar-refractivity contribution >= 4 is 28.4 Å². The lowest BCUT2D eigenvalue weighted by Crippen LogP contribution is -2.51. The van der Waals surface area contributed by atoms with Gasteiger partial charge in [-0.15, -0.1) is 10.2 Å². The summed E-state index contributed by atoms with van der Waals surface area (Å²) in [6, 6.07) is 20.6. The molecule has 8 heteroatoms. The monoisotopic (exact) mass is 441 g/mol. The molecule has 1 fully saturated rings. The van der Waals surface area contributed by atoms with Gasteiger partial charge in [0, 0.05) is 48.8 Å². The van der Waals surface area contributed by atoms with E-state index in [1.165, 1.54) is 0 Å². The third kappa shape index (κ3) is 4.15. The molecule has 1 aliphatic heterocycles. The largest absolute Gasteiger partial charge is 0.438 e. The first-order chi connectivity index (χ1) is 16.1. The number of aryl methyl sites for hydroxylation is 1. The Kier molecular flexibility index (Phi) is 5.48. The molecular weight excluding hydrogens is 418 g/mol. The minimum Gasteiger partial charge on any atom is -0.438 e. The third-order valence-electron chi connectivity index (χ3n) is 5.80. The van der Waals surface area contributed by atoms with Crippen LogP contribution in [0.25, 0.3) is 10.9 Å². The summed E-state index contributed by atoms with van der Waals surface area (Å²) in [6.45, 7) is 3.84. The van der Waals surface area contributed by atoms with E-state index in [9.17, 15) is 9.59 Å². The van der Waals surface area contributed by atoms with Crippen LogP contribution in [0.1, 0.15) is 16.1 Å². The summed E-state index contributed by atoms with van der Waals surface area (Å²) in [5.41, 5.74) is 2.02. The van der Waals surface area contributed by atoms with Gasteiger partial charge >= 0.3 is 0 Å². The number of carbonyl (C=O) groups excluding carboxylic acids is 2. The molecule has 1 amide bonds. The second-order valence-electron chi connectivity index (χ2n) is 7.92. The topological polar surface area (TPSA) is 91.4 Å². The van der Waals surface area contributed by atoms with Crippen LogP contribution in [0, 0.1) is 6.92 Å². The summed E-state index contributed by atoms with van der Waals surface area (Å²) < 4.78 is 5.69. The molecule has 1 N–H and O–H groups in total. The number of nitrogens with zero attached hydrogens (tertiary/aromatic N) is 4. The van der Waals surface area contributed by atoms with Crippen molar-refractivity contribution < 1.29 is 14.3 Å². The highest BCUT2D eigenvalue weighted by atomic mass is 16.5. The van der Waals surface area contributed by atoms with E-state index in [2.05, 4.69) is 15.2 Å². The van der Waals surface area contributed by atoms with Crippen LogP contribution >= 0.6 is 0 Å². The smallest absolute Gasteiger partial charge is 0.295 e. The average Bonchev–Trinajstić information content (AvgIpc) is 3.20. The van der Waals surface area contributed by atoms with E-state index in [0.29, 0.717) is 54.9 Å². The summed E-state index contributed by atoms with van der Waals surface area (Å²) in [6.07, 6.45) is 0. The Balaban J connectivity index is 1.22. The van der Waals surface area contributed by atoms with Crippen LogP contribution in [0.3, 0.4) is 0 Å². The number of nitrogens with one attached hydrogen (secondary N) is 1. The molecule has 0 saturated carbocycles. The molecule has 0 unspecified atom stereocenters. The zero-order valence-corrected chi connectivity index (χ0v) is 18.2. The number of Topliss-reactive ketones (excluding diaryl/α,β-unsaturated/α-hetero) is 1. The number of hydrogen-bond donors (Lipinski definition) is 1. The van der Waals surface area contributed by atoms with E-state index in [1.807, 2.05) is 72.5 Å². The fraction of sp³-hybridized carbons (Fsp3) is 0.200. The van der Waals surface area contributed by atoms with Crippen molar-refractivity contribution in [3.8, 4) is 11.6 Å². The van der Waals surface area contributed by atoms with Crippen molar-refractivity contribution in [2.75, 3.05) is 31.1 Å². The molecule has 0 spiro atoms. The molecular formula is C25H23N5O3. The summed E-state index contributed by atoms with van der Waals surface area (Å²) in [5, 5.41) is 9.20. The number of ether oxygens (including phenoxy) is 1. The molecule has 4 aromatic rings. The third-order valence-corrected chi connectivity index (χ3v) is 5.80. The molecule has 1 saturated heterocycles. The standard InChI is InChI=1S/C25H23N5O3/c1-17-23(19-9-5-6-10-20(19)26-17)24(31)25(32)30-15-13-29(14-16-30)21-11-12-22(28-27-21)33-18-7-3-2-4-8-18/h2-12,26H,13-16H2,1H3. The van der Waals surface area contributed by atoms with E-state index in [-0.39, 0.29) is 0 Å². The lowest BCUT2D eigenvalue weighted by Gasteiger charge is -2.34. The summed E-state index contributed by atoms with van der Waals surface area (Å²) in [5.74, 6) is 0.877. The number of ketones is 1. The molecule has 2 aromatic carbocycles. The predicted octanol–water partition coefficient (Wildman–Crippen LogP) is 3.59. The lowest BCUT2D eigenvalue weighted by molar-refractivity contribution is -0.126. The minimum atomic E-state index is -0.472. The maximum absolute atomic E-state index is 13.0. The number of aromatic amines is 1. The van der Waals surface area contributed by atoms with E-state index in [0.717, 1.165) is 10.9 Å². The summed E-state index contributed by atoms with van der Waals surface area (Å²) in [7, 11) is 0. The number of benzene rings is 2. The Morgan fingerprint density at radius 2 is 1.61 bits per heavy atom. The average molecular weight is 441 g/mol. The normalized spacial score (nSPS) is 13.8. The van der Waals surface area contributed by atoms with Gasteiger partial charge in [0.1, 0.15) is 5.75 Å². The van der Waals surface area contributed by atoms with Gasteiger partial charge in [0.25, 0.3) is 11.7 Å². The SMILES string of the molecule is Cc1[nH]c2ccccc2c1C(=O)C(=O)N1CCN(c2ccc(Oc3ccccc3)nn2)CC1. The molecule has 3 heterocycles. The first kappa shape index (κ1) is 20.7. The van der Waals surface area contributed by atoms with Crippen LogP contribution in [0.4, 0.5) is 5.82 Å². The maximum atomic E-state index is 13.0. The Bertz CT molecular complexity index is 1290. The van der Waals surface area contributed by atoms with Crippen molar-refractivity contribution in [3.05, 3.63) is 78.0 Å². The maximum Gasteiger partial charge on any atom is 0.295 e. The van der Waals surface area contributed by atoms with Gasteiger partial charge in [-0.2, -0.15) is 0 Å². The number of carbonyl (C=O) groups is 2. The number of rotatable bonds is 5. The Morgan fingerprint density at radius 3 is 2.33 bits per heavy atom. The highest BCUT2D eigenvalue weighted by Crippen LogP contribution is 2.24. The first-order valence-corrected chi connectivity index (χ1v) is 10.8. The highest BCUT2D eigenvalue weighted by molar-refractivity contribution is 6.45. The van der Waals surface area contributed by atoms with Gasteiger partial charge < -0.3 is 19.5 Å². The second kappa shape index (κ2) is 8.74. The van der Waals surface area contributed by atoms with Crippen LogP contribution in [0.5, 0.6) is 11.6 Å². The molecule has 0 atom stereocenters. The number of fused-ring (bicyclic) bond motifs is 1. The fourth-order valence-corrected chi connectivity index (χ4v) is 4.10. The molecule has 8 nitrogen and oxygen atoms in total. The number of H-pyrrole nitrogens is 1. The Labute approximate surface area is 190 Å². The van der Waals surface area contributed by atoms with Crippen LogP contribution in [0.15, 0.2) is 66.7 Å². The predicted molar refractivity (Wildman–Crippen MR) is 125 cm³/mol. The molecule has 1 aliphatic rings. The van der Waals surface area contributed by atoms with E-state index < -0.39 is 11.7 Å². The molecule has 0 bridgehead atoms. The number of piperazine rings is 1. The van der Waals surface area contributed by atoms with Gasteiger partial charge in [-0.3, -0.25) is 9.59 Å². The van der Waals surface area contributed by atoms with Gasteiger partial charge in [-0.25, -0.2) is 0 Å². The number of para-hydroxylation sites is 2. The van der Waals surface area contributed by atoms with Crippen LogP contribution < -0.4 is 9.64 Å².